The van der Waals surface area contributed by atoms with E-state index < -0.39 is 0 Å². The first kappa shape index (κ1) is 15.0. The van der Waals surface area contributed by atoms with Gasteiger partial charge in [-0.2, -0.15) is 0 Å². The summed E-state index contributed by atoms with van der Waals surface area (Å²) in [7, 11) is 0. The van der Waals surface area contributed by atoms with Gasteiger partial charge in [0.05, 0.1) is 0 Å². The van der Waals surface area contributed by atoms with Crippen LogP contribution in [0.1, 0.15) is 39.2 Å². The first-order chi connectivity index (χ1) is 8.71. The van der Waals surface area contributed by atoms with Crippen LogP contribution < -0.4 is 10.2 Å². The van der Waals surface area contributed by atoms with Gasteiger partial charge in [-0.3, -0.25) is 0 Å². The summed E-state index contributed by atoms with van der Waals surface area (Å²) in [5, 5.41) is 3.23. The molecule has 0 aliphatic heterocycles. The molecule has 2 nitrogen and oxygen atoms in total. The highest BCUT2D eigenvalue weighted by molar-refractivity contribution is 5.49. The number of rotatable bonds is 8. The van der Waals surface area contributed by atoms with E-state index in [9.17, 15) is 4.39 Å². The number of halogens is 1. The van der Waals surface area contributed by atoms with Crippen LogP contribution in [0.2, 0.25) is 0 Å². The Balaban J connectivity index is 2.81. The lowest BCUT2D eigenvalue weighted by molar-refractivity contribution is 0.619. The highest BCUT2D eigenvalue weighted by atomic mass is 19.1. The zero-order valence-corrected chi connectivity index (χ0v) is 11.8. The number of unbranched alkanes of at least 4 members (excludes halogenated alkanes) is 1. The minimum absolute atomic E-state index is 0.143. The number of nitrogens with zero attached hydrogens (tertiary/aromatic N) is 1. The Bertz CT molecular complexity index is 352. The molecule has 102 valence electrons. The second-order valence-corrected chi connectivity index (χ2v) is 4.53. The van der Waals surface area contributed by atoms with Crippen LogP contribution in [0.15, 0.2) is 18.2 Å². The summed E-state index contributed by atoms with van der Waals surface area (Å²) in [4.78, 5) is 2.24. The first-order valence-corrected chi connectivity index (χ1v) is 6.96. The van der Waals surface area contributed by atoms with Gasteiger partial charge >= 0.3 is 0 Å². The summed E-state index contributed by atoms with van der Waals surface area (Å²) < 4.78 is 13.6. The lowest BCUT2D eigenvalue weighted by Gasteiger charge is -2.23. The lowest BCUT2D eigenvalue weighted by Crippen LogP contribution is -2.24. The fourth-order valence-corrected chi connectivity index (χ4v) is 2.01. The monoisotopic (exact) mass is 252 g/mol. The van der Waals surface area contributed by atoms with Crippen molar-refractivity contribution in [3.63, 3.8) is 0 Å². The van der Waals surface area contributed by atoms with Crippen LogP contribution >= 0.6 is 0 Å². The van der Waals surface area contributed by atoms with Crippen molar-refractivity contribution in [1.29, 1.82) is 0 Å². The Kier molecular flexibility index (Phi) is 6.73. The van der Waals surface area contributed by atoms with Gasteiger partial charge in [0.1, 0.15) is 5.82 Å². The highest BCUT2D eigenvalue weighted by Gasteiger charge is 2.07. The van der Waals surface area contributed by atoms with E-state index in [1.165, 1.54) is 0 Å². The summed E-state index contributed by atoms with van der Waals surface area (Å²) in [6.45, 7) is 9.90. The molecule has 0 saturated heterocycles. The minimum atomic E-state index is -0.143. The van der Waals surface area contributed by atoms with E-state index in [-0.39, 0.29) is 5.82 Å². The third kappa shape index (κ3) is 4.65. The Morgan fingerprint density at radius 1 is 1.17 bits per heavy atom. The van der Waals surface area contributed by atoms with Gasteiger partial charge in [0.15, 0.2) is 0 Å². The Hall–Kier alpha value is -1.09. The van der Waals surface area contributed by atoms with Gasteiger partial charge in [0, 0.05) is 25.3 Å². The molecular weight excluding hydrogens is 227 g/mol. The maximum Gasteiger partial charge on any atom is 0.125 e. The van der Waals surface area contributed by atoms with Gasteiger partial charge < -0.3 is 10.2 Å². The molecule has 0 aliphatic rings. The zero-order valence-electron chi connectivity index (χ0n) is 11.8. The van der Waals surface area contributed by atoms with Crippen molar-refractivity contribution < 1.29 is 4.39 Å². The van der Waals surface area contributed by atoms with E-state index in [1.54, 1.807) is 12.1 Å². The lowest BCUT2D eigenvalue weighted by atomic mass is 10.1. The maximum absolute atomic E-state index is 13.6. The molecule has 0 spiro atoms. The molecule has 0 aromatic heterocycles. The SMILES string of the molecule is CCCCN(CC)c1cc(F)cc(CNCC)c1. The van der Waals surface area contributed by atoms with E-state index in [0.29, 0.717) is 0 Å². The Labute approximate surface area is 110 Å². The molecule has 18 heavy (non-hydrogen) atoms. The fourth-order valence-electron chi connectivity index (χ4n) is 2.01. The molecule has 1 rings (SSSR count). The van der Waals surface area contributed by atoms with Crippen LogP contribution in [0, 0.1) is 5.82 Å². The second kappa shape index (κ2) is 8.09. The molecule has 1 aromatic rings. The average molecular weight is 252 g/mol. The average Bonchev–Trinajstić information content (AvgIpc) is 2.37. The molecule has 0 fully saturated rings. The van der Waals surface area contributed by atoms with E-state index >= 15 is 0 Å². The molecule has 0 bridgehead atoms. The van der Waals surface area contributed by atoms with E-state index in [4.69, 9.17) is 0 Å². The fraction of sp³-hybridized carbons (Fsp3) is 0.600. The Morgan fingerprint density at radius 3 is 2.56 bits per heavy atom. The third-order valence-corrected chi connectivity index (χ3v) is 3.05. The van der Waals surface area contributed by atoms with Crippen molar-refractivity contribution in [3.05, 3.63) is 29.6 Å². The van der Waals surface area contributed by atoms with Crippen molar-refractivity contribution in [1.82, 2.24) is 5.32 Å². The molecule has 1 aromatic carbocycles. The number of nitrogens with one attached hydrogen (secondary N) is 1. The molecular formula is C15H25FN2. The molecule has 0 saturated carbocycles. The van der Waals surface area contributed by atoms with Crippen LogP contribution in [-0.2, 0) is 6.54 Å². The van der Waals surface area contributed by atoms with Gasteiger partial charge in [0.25, 0.3) is 0 Å². The first-order valence-electron chi connectivity index (χ1n) is 6.96. The standard InChI is InChI=1S/C15H25FN2/c1-4-7-8-18(6-3)15-10-13(12-17-5-2)9-14(16)11-15/h9-11,17H,4-8,12H2,1-3H3. The number of benzene rings is 1. The predicted molar refractivity (Wildman–Crippen MR) is 76.6 cm³/mol. The van der Waals surface area contributed by atoms with Crippen molar-refractivity contribution >= 4 is 5.69 Å². The summed E-state index contributed by atoms with van der Waals surface area (Å²) in [6, 6.07) is 5.33. The molecule has 1 N–H and O–H groups in total. The van der Waals surface area contributed by atoms with Gasteiger partial charge in [-0.05, 0) is 43.7 Å². The van der Waals surface area contributed by atoms with Gasteiger partial charge in [-0.1, -0.05) is 20.3 Å². The van der Waals surface area contributed by atoms with Gasteiger partial charge in [-0.15, -0.1) is 0 Å². The van der Waals surface area contributed by atoms with Crippen molar-refractivity contribution in [2.75, 3.05) is 24.5 Å². The van der Waals surface area contributed by atoms with Crippen molar-refractivity contribution in [2.45, 2.75) is 40.2 Å². The zero-order chi connectivity index (χ0) is 13.4. The maximum atomic E-state index is 13.6. The summed E-state index contributed by atoms with van der Waals surface area (Å²) >= 11 is 0. The van der Waals surface area contributed by atoms with Crippen LogP contribution in [0.25, 0.3) is 0 Å². The quantitative estimate of drug-likeness (QED) is 0.761. The number of hydrogen-bond acceptors (Lipinski definition) is 2. The smallest absolute Gasteiger partial charge is 0.125 e. The van der Waals surface area contributed by atoms with Crippen LogP contribution in [-0.4, -0.2) is 19.6 Å². The van der Waals surface area contributed by atoms with Crippen LogP contribution in [0.3, 0.4) is 0 Å². The molecule has 0 radical (unpaired) electrons. The van der Waals surface area contributed by atoms with E-state index in [1.807, 2.05) is 0 Å². The number of anilines is 1. The predicted octanol–water partition coefficient (Wildman–Crippen LogP) is 3.56. The van der Waals surface area contributed by atoms with Gasteiger partial charge in [0.2, 0.25) is 0 Å². The highest BCUT2D eigenvalue weighted by Crippen LogP contribution is 2.19. The molecule has 0 amide bonds. The molecule has 0 heterocycles. The minimum Gasteiger partial charge on any atom is -0.372 e. The third-order valence-electron chi connectivity index (χ3n) is 3.05. The largest absolute Gasteiger partial charge is 0.372 e. The van der Waals surface area contributed by atoms with E-state index in [0.717, 1.165) is 50.3 Å². The normalized spacial score (nSPS) is 10.7. The van der Waals surface area contributed by atoms with E-state index in [2.05, 4.69) is 37.1 Å². The van der Waals surface area contributed by atoms with Crippen molar-refractivity contribution in [2.24, 2.45) is 0 Å². The molecule has 0 atom stereocenters. The summed E-state index contributed by atoms with van der Waals surface area (Å²) in [6.07, 6.45) is 2.31. The molecule has 0 aliphatic carbocycles. The summed E-state index contributed by atoms with van der Waals surface area (Å²) in [5.41, 5.74) is 2.01. The molecule has 0 unspecified atom stereocenters. The topological polar surface area (TPSA) is 15.3 Å². The second-order valence-electron chi connectivity index (χ2n) is 4.53. The van der Waals surface area contributed by atoms with Crippen molar-refractivity contribution in [3.8, 4) is 0 Å². The van der Waals surface area contributed by atoms with Crippen LogP contribution in [0.5, 0.6) is 0 Å². The Morgan fingerprint density at radius 2 is 1.94 bits per heavy atom. The van der Waals surface area contributed by atoms with Crippen LogP contribution in [0.4, 0.5) is 10.1 Å². The number of hydrogen-bond donors (Lipinski definition) is 1. The molecule has 3 heteroatoms. The van der Waals surface area contributed by atoms with Gasteiger partial charge in [-0.25, -0.2) is 4.39 Å². The summed E-state index contributed by atoms with van der Waals surface area (Å²) in [5.74, 6) is -0.143.